The Morgan fingerprint density at radius 1 is 1.73 bits per heavy atom. The molecule has 0 unspecified atom stereocenters. The van der Waals surface area contributed by atoms with E-state index in [1.807, 2.05) is 6.92 Å². The third-order valence-electron chi connectivity index (χ3n) is 1.59. The quantitative estimate of drug-likeness (QED) is 0.330. The monoisotopic (exact) mass is 231 g/mol. The number of unbranched alkanes of at least 4 members (excludes halogenated alkanes) is 1. The number of aliphatic imine (C=N–C) groups is 1. The third-order valence-corrected chi connectivity index (χ3v) is 1.88. The van der Waals surface area contributed by atoms with Gasteiger partial charge in [-0.05, 0) is 6.42 Å². The summed E-state index contributed by atoms with van der Waals surface area (Å²) in [4.78, 5) is 13.6. The molecule has 2 N–H and O–H groups in total. The van der Waals surface area contributed by atoms with Gasteiger partial charge in [-0.25, -0.2) is 4.99 Å². The van der Waals surface area contributed by atoms with Crippen LogP contribution in [0.4, 0.5) is 0 Å². The van der Waals surface area contributed by atoms with Crippen molar-refractivity contribution in [3.05, 3.63) is 34.3 Å². The molecule has 0 bridgehead atoms. The summed E-state index contributed by atoms with van der Waals surface area (Å²) in [6.07, 6.45) is 3.52. The maximum atomic E-state index is 10.5. The van der Waals surface area contributed by atoms with Crippen LogP contribution in [0.1, 0.15) is 26.2 Å². The van der Waals surface area contributed by atoms with Gasteiger partial charge in [-0.15, -0.1) is 0 Å². The van der Waals surface area contributed by atoms with Crippen molar-refractivity contribution < 1.29 is 4.92 Å². The molecule has 0 aromatic rings. The van der Waals surface area contributed by atoms with E-state index in [1.165, 1.54) is 0 Å². The van der Waals surface area contributed by atoms with E-state index in [0.29, 0.717) is 11.6 Å². The lowest BCUT2D eigenvalue weighted by atomic mass is 10.3. The summed E-state index contributed by atoms with van der Waals surface area (Å²) in [6.45, 7) is 5.29. The number of nitro groups is 1. The molecule has 0 amide bonds. The van der Waals surface area contributed by atoms with Gasteiger partial charge in [-0.3, -0.25) is 10.1 Å². The fraction of sp³-hybridized carbons (Fsp3) is 0.444. The largest absolute Gasteiger partial charge is 0.394 e. The van der Waals surface area contributed by atoms with Crippen molar-refractivity contribution in [2.24, 2.45) is 10.7 Å². The fourth-order valence-corrected chi connectivity index (χ4v) is 0.948. The van der Waals surface area contributed by atoms with Gasteiger partial charge in [0.1, 0.15) is 17.1 Å². The van der Waals surface area contributed by atoms with Crippen LogP contribution in [0.3, 0.4) is 0 Å². The Kier molecular flexibility index (Phi) is 6.37. The molecule has 0 fully saturated rings. The van der Waals surface area contributed by atoms with Crippen molar-refractivity contribution in [2.75, 3.05) is 0 Å². The number of nitrogens with two attached hydrogens (primary N) is 1. The van der Waals surface area contributed by atoms with Gasteiger partial charge in [0, 0.05) is 6.42 Å². The first-order valence-corrected chi connectivity index (χ1v) is 4.88. The lowest BCUT2D eigenvalue weighted by Gasteiger charge is -1.95. The molecule has 0 radical (unpaired) electrons. The van der Waals surface area contributed by atoms with Gasteiger partial charge in [0.25, 0.3) is 0 Å². The Hall–Kier alpha value is -1.36. The number of nitrogens with zero attached hydrogens (tertiary/aromatic N) is 2. The van der Waals surface area contributed by atoms with E-state index < -0.39 is 4.92 Å². The molecule has 0 spiro atoms. The van der Waals surface area contributed by atoms with E-state index in [2.05, 4.69) is 11.6 Å². The molecule has 0 aromatic heterocycles. The topological polar surface area (TPSA) is 81.5 Å². The number of hydrogen-bond acceptors (Lipinski definition) is 4. The average molecular weight is 232 g/mol. The summed E-state index contributed by atoms with van der Waals surface area (Å²) in [5.74, 6) is 0. The van der Waals surface area contributed by atoms with E-state index in [4.69, 9.17) is 17.3 Å². The van der Waals surface area contributed by atoms with Crippen LogP contribution in [0.2, 0.25) is 0 Å². The SMILES string of the molecule is C=C(N)/C(=C\N=C(Cl)CCCC)[N+](=O)[O-]. The van der Waals surface area contributed by atoms with E-state index in [-0.39, 0.29) is 11.4 Å². The molecule has 84 valence electrons. The van der Waals surface area contributed by atoms with Crippen LogP contribution in [-0.4, -0.2) is 10.1 Å². The minimum Gasteiger partial charge on any atom is -0.394 e. The van der Waals surface area contributed by atoms with Crippen molar-refractivity contribution in [2.45, 2.75) is 26.2 Å². The lowest BCUT2D eigenvalue weighted by molar-refractivity contribution is -0.421. The van der Waals surface area contributed by atoms with Gasteiger partial charge in [0.2, 0.25) is 0 Å². The van der Waals surface area contributed by atoms with Crippen LogP contribution >= 0.6 is 11.6 Å². The minimum atomic E-state index is -0.643. The van der Waals surface area contributed by atoms with Crippen LogP contribution in [0.15, 0.2) is 29.2 Å². The standard InChI is InChI=1S/C9H14ClN3O2/c1-3-4-5-9(10)12-6-8(7(2)11)13(14)15/h6H,2-5,11H2,1H3/b8-6+,12-9?. The molecule has 5 nitrogen and oxygen atoms in total. The molecule has 15 heavy (non-hydrogen) atoms. The zero-order valence-corrected chi connectivity index (χ0v) is 9.33. The Morgan fingerprint density at radius 3 is 2.73 bits per heavy atom. The predicted octanol–water partition coefficient (Wildman–Crippen LogP) is 2.40. The Morgan fingerprint density at radius 2 is 2.33 bits per heavy atom. The molecular formula is C9H14ClN3O2. The molecule has 0 rings (SSSR count). The van der Waals surface area contributed by atoms with Gasteiger partial charge < -0.3 is 5.73 Å². The van der Waals surface area contributed by atoms with Crippen LogP contribution < -0.4 is 5.73 Å². The lowest BCUT2D eigenvalue weighted by Crippen LogP contribution is -2.07. The summed E-state index contributed by atoms with van der Waals surface area (Å²) in [5, 5.41) is 10.8. The van der Waals surface area contributed by atoms with Crippen molar-refractivity contribution in [1.29, 1.82) is 0 Å². The van der Waals surface area contributed by atoms with Gasteiger partial charge in [-0.1, -0.05) is 31.5 Å². The van der Waals surface area contributed by atoms with Crippen LogP contribution in [-0.2, 0) is 0 Å². The van der Waals surface area contributed by atoms with Crippen LogP contribution in [0.5, 0.6) is 0 Å². The normalized spacial score (nSPS) is 12.7. The highest BCUT2D eigenvalue weighted by atomic mass is 35.5. The summed E-state index contributed by atoms with van der Waals surface area (Å²) >= 11 is 5.73. The molecule has 0 aliphatic rings. The zero-order chi connectivity index (χ0) is 11.8. The van der Waals surface area contributed by atoms with E-state index in [0.717, 1.165) is 19.0 Å². The molecule has 0 aliphatic carbocycles. The molecule has 0 aromatic carbocycles. The maximum Gasteiger partial charge on any atom is 0.309 e. The highest BCUT2D eigenvalue weighted by Crippen LogP contribution is 2.06. The average Bonchev–Trinajstić information content (AvgIpc) is 2.13. The predicted molar refractivity (Wildman–Crippen MR) is 61.2 cm³/mol. The molecular weight excluding hydrogens is 218 g/mol. The van der Waals surface area contributed by atoms with Gasteiger partial charge in [0.15, 0.2) is 0 Å². The summed E-state index contributed by atoms with van der Waals surface area (Å²) in [5.41, 5.74) is 4.74. The first kappa shape index (κ1) is 13.6. The van der Waals surface area contributed by atoms with Gasteiger partial charge in [-0.2, -0.15) is 0 Å². The second kappa shape index (κ2) is 7.00. The first-order chi connectivity index (χ1) is 6.99. The molecule has 6 heteroatoms. The van der Waals surface area contributed by atoms with Crippen molar-refractivity contribution in [3.63, 3.8) is 0 Å². The Balaban J connectivity index is 4.57. The van der Waals surface area contributed by atoms with E-state index >= 15 is 0 Å². The van der Waals surface area contributed by atoms with Crippen molar-refractivity contribution in [1.82, 2.24) is 0 Å². The summed E-state index contributed by atoms with van der Waals surface area (Å²) in [7, 11) is 0. The zero-order valence-electron chi connectivity index (χ0n) is 8.57. The fourth-order valence-electron chi connectivity index (χ4n) is 0.766. The van der Waals surface area contributed by atoms with Crippen molar-refractivity contribution >= 4 is 16.8 Å². The van der Waals surface area contributed by atoms with Crippen LogP contribution in [0.25, 0.3) is 0 Å². The van der Waals surface area contributed by atoms with Crippen LogP contribution in [0, 0.1) is 10.1 Å². The van der Waals surface area contributed by atoms with Crippen molar-refractivity contribution in [3.8, 4) is 0 Å². The molecule has 0 saturated carbocycles. The molecule has 0 atom stereocenters. The number of hydrogen-bond donors (Lipinski definition) is 1. The number of halogens is 1. The Labute approximate surface area is 93.5 Å². The maximum absolute atomic E-state index is 10.5. The number of rotatable bonds is 6. The van der Waals surface area contributed by atoms with Gasteiger partial charge in [0.05, 0.1) is 4.92 Å². The highest BCUT2D eigenvalue weighted by molar-refractivity contribution is 6.65. The van der Waals surface area contributed by atoms with Gasteiger partial charge >= 0.3 is 5.70 Å². The molecule has 0 heterocycles. The summed E-state index contributed by atoms with van der Waals surface area (Å²) in [6, 6.07) is 0. The molecule has 0 saturated heterocycles. The van der Waals surface area contributed by atoms with E-state index in [1.54, 1.807) is 0 Å². The summed E-state index contributed by atoms with van der Waals surface area (Å²) < 4.78 is 0. The second-order valence-corrected chi connectivity index (χ2v) is 3.34. The highest BCUT2D eigenvalue weighted by Gasteiger charge is 2.11. The smallest absolute Gasteiger partial charge is 0.309 e. The Bertz CT molecular complexity index is 294. The third kappa shape index (κ3) is 5.85. The second-order valence-electron chi connectivity index (χ2n) is 2.91. The molecule has 0 aliphatic heterocycles. The first-order valence-electron chi connectivity index (χ1n) is 4.50. The minimum absolute atomic E-state index is 0.135. The van der Waals surface area contributed by atoms with E-state index in [9.17, 15) is 10.1 Å².